The summed E-state index contributed by atoms with van der Waals surface area (Å²) in [6.07, 6.45) is -0.358. The van der Waals surface area contributed by atoms with Crippen LogP contribution in [0, 0.1) is 0 Å². The fourth-order valence-corrected chi connectivity index (χ4v) is 4.15. The van der Waals surface area contributed by atoms with Gasteiger partial charge < -0.3 is 4.74 Å². The third kappa shape index (κ3) is 2.39. The lowest BCUT2D eigenvalue weighted by Crippen LogP contribution is -2.68. The molecule has 2 fully saturated rings. The van der Waals surface area contributed by atoms with E-state index in [1.807, 2.05) is 17.5 Å². The molecule has 3 heterocycles. The van der Waals surface area contributed by atoms with Crippen LogP contribution in [0.4, 0.5) is 4.79 Å². The van der Waals surface area contributed by atoms with E-state index in [1.165, 1.54) is 16.2 Å². The van der Waals surface area contributed by atoms with Crippen molar-refractivity contribution in [3.8, 4) is 0 Å². The smallest absolute Gasteiger partial charge is 0.410 e. The van der Waals surface area contributed by atoms with Gasteiger partial charge in [0.2, 0.25) is 0 Å². The molecule has 114 valence electrons. The van der Waals surface area contributed by atoms with Crippen molar-refractivity contribution in [3.63, 3.8) is 0 Å². The minimum absolute atomic E-state index is 0.112. The zero-order valence-electron chi connectivity index (χ0n) is 10.7. The number of ether oxygens (including phenoxy) is 1. The van der Waals surface area contributed by atoms with Crippen LogP contribution in [0.1, 0.15) is 11.3 Å². The molecule has 0 aromatic carbocycles. The first-order valence-electron chi connectivity index (χ1n) is 6.16. The molecule has 3 rings (SSSR count). The number of nitrogens with zero attached hydrogens (tertiary/aromatic N) is 2. The van der Waals surface area contributed by atoms with Crippen molar-refractivity contribution in [1.29, 1.82) is 0 Å². The van der Waals surface area contributed by atoms with Gasteiger partial charge in [-0.3, -0.25) is 14.2 Å². The summed E-state index contributed by atoms with van der Waals surface area (Å²) in [4.78, 5) is 25.8. The van der Waals surface area contributed by atoms with Crippen LogP contribution in [0.3, 0.4) is 0 Å². The highest BCUT2D eigenvalue weighted by molar-refractivity contribution is 7.84. The Kier molecular flexibility index (Phi) is 3.38. The number of fused-ring (bicyclic) bond motifs is 1. The maximum absolute atomic E-state index is 12.0. The van der Waals surface area contributed by atoms with E-state index in [-0.39, 0.29) is 13.2 Å². The molecule has 2 aliphatic heterocycles. The molecule has 0 radical (unpaired) electrons. The van der Waals surface area contributed by atoms with Crippen LogP contribution in [0.2, 0.25) is 0 Å². The van der Waals surface area contributed by atoms with E-state index >= 15 is 0 Å². The van der Waals surface area contributed by atoms with Crippen molar-refractivity contribution in [3.05, 3.63) is 22.4 Å². The standard InChI is InChI=1S/C11H12N2O6S2/c14-10-9-8(13(10)21(16,17)18)3-4-12(9)11(15)19-6-7-2-1-5-20-7/h1-2,5,8-9H,3-4,6H2,(H,16,17,18)/t8-,9+/m1/s1. The number of rotatable bonds is 3. The largest absolute Gasteiger partial charge is 0.444 e. The minimum atomic E-state index is -4.56. The Bertz CT molecular complexity index is 671. The first-order chi connectivity index (χ1) is 9.89. The van der Waals surface area contributed by atoms with Crippen molar-refractivity contribution >= 4 is 33.6 Å². The first-order valence-corrected chi connectivity index (χ1v) is 8.43. The van der Waals surface area contributed by atoms with E-state index in [9.17, 15) is 18.0 Å². The number of carbonyl (C=O) groups is 2. The molecule has 10 heteroatoms. The van der Waals surface area contributed by atoms with Crippen molar-refractivity contribution in [2.45, 2.75) is 25.1 Å². The molecule has 1 N–H and O–H groups in total. The molecule has 0 bridgehead atoms. The Hall–Kier alpha value is -1.65. The summed E-state index contributed by atoms with van der Waals surface area (Å²) in [5.74, 6) is -0.798. The molecule has 0 spiro atoms. The van der Waals surface area contributed by atoms with Gasteiger partial charge in [0.25, 0.3) is 5.91 Å². The molecule has 0 aliphatic carbocycles. The van der Waals surface area contributed by atoms with Gasteiger partial charge in [-0.1, -0.05) is 6.07 Å². The number of carbonyl (C=O) groups excluding carboxylic acids is 2. The Morgan fingerprint density at radius 3 is 2.90 bits per heavy atom. The van der Waals surface area contributed by atoms with E-state index in [2.05, 4.69) is 0 Å². The average Bonchev–Trinajstić information content (AvgIpc) is 3.00. The summed E-state index contributed by atoms with van der Waals surface area (Å²) in [5.41, 5.74) is 0. The van der Waals surface area contributed by atoms with Crippen LogP contribution in [-0.2, 0) is 26.4 Å². The molecule has 0 unspecified atom stereocenters. The summed E-state index contributed by atoms with van der Waals surface area (Å²) in [7, 11) is -4.56. The number of hydrogen-bond donors (Lipinski definition) is 1. The van der Waals surface area contributed by atoms with Crippen molar-refractivity contribution in [1.82, 2.24) is 9.21 Å². The summed E-state index contributed by atoms with van der Waals surface area (Å²) in [6.45, 7) is 0.330. The maximum atomic E-state index is 12.0. The highest BCUT2D eigenvalue weighted by atomic mass is 32.2. The Balaban J connectivity index is 1.64. The summed E-state index contributed by atoms with van der Waals surface area (Å²) < 4.78 is 36.6. The van der Waals surface area contributed by atoms with Gasteiger partial charge in [-0.05, 0) is 17.9 Å². The fraction of sp³-hybridized carbons (Fsp3) is 0.455. The van der Waals surface area contributed by atoms with Gasteiger partial charge in [-0.25, -0.2) is 9.10 Å². The number of β-lactam (4-membered cyclic amide) rings is 1. The molecular weight excluding hydrogens is 320 g/mol. The van der Waals surface area contributed by atoms with Crippen LogP contribution in [0.5, 0.6) is 0 Å². The SMILES string of the molecule is O=C(OCc1cccs1)N1CC[C@@H]2[C@H]1C(=O)N2S(=O)(=O)O. The Morgan fingerprint density at radius 2 is 2.29 bits per heavy atom. The molecule has 1 aromatic heterocycles. The van der Waals surface area contributed by atoms with Gasteiger partial charge in [0.05, 0.1) is 6.04 Å². The van der Waals surface area contributed by atoms with Crippen LogP contribution >= 0.6 is 11.3 Å². The second-order valence-electron chi connectivity index (χ2n) is 4.74. The molecule has 1 aromatic rings. The summed E-state index contributed by atoms with van der Waals surface area (Å²) >= 11 is 1.44. The monoisotopic (exact) mass is 332 g/mol. The molecule has 2 saturated heterocycles. The van der Waals surface area contributed by atoms with Crippen molar-refractivity contribution in [2.75, 3.05) is 6.54 Å². The Morgan fingerprint density at radius 1 is 1.52 bits per heavy atom. The zero-order valence-corrected chi connectivity index (χ0v) is 12.3. The topological polar surface area (TPSA) is 104 Å². The molecule has 2 amide bonds. The maximum Gasteiger partial charge on any atom is 0.410 e. The van der Waals surface area contributed by atoms with E-state index in [1.54, 1.807) is 0 Å². The first kappa shape index (κ1) is 14.3. The molecular formula is C11H12N2O6S2. The van der Waals surface area contributed by atoms with Crippen LogP contribution in [0.15, 0.2) is 17.5 Å². The van der Waals surface area contributed by atoms with Crippen LogP contribution in [-0.4, -0.2) is 52.8 Å². The van der Waals surface area contributed by atoms with Gasteiger partial charge in [0.15, 0.2) is 0 Å². The summed E-state index contributed by atoms with van der Waals surface area (Å²) in [5, 5.41) is 1.86. The number of hydrogen-bond acceptors (Lipinski definition) is 6. The normalized spacial score (nSPS) is 24.7. The van der Waals surface area contributed by atoms with Crippen molar-refractivity contribution in [2.24, 2.45) is 0 Å². The van der Waals surface area contributed by atoms with E-state index in [0.29, 0.717) is 10.7 Å². The highest BCUT2D eigenvalue weighted by Crippen LogP contribution is 2.35. The average molecular weight is 332 g/mol. The second kappa shape index (κ2) is 4.97. The predicted molar refractivity (Wildman–Crippen MR) is 71.8 cm³/mol. The van der Waals surface area contributed by atoms with Gasteiger partial charge >= 0.3 is 16.4 Å². The van der Waals surface area contributed by atoms with E-state index in [0.717, 1.165) is 4.88 Å². The lowest BCUT2D eigenvalue weighted by Gasteiger charge is -2.42. The predicted octanol–water partition coefficient (Wildman–Crippen LogP) is 0.473. The van der Waals surface area contributed by atoms with Gasteiger partial charge in [-0.15, -0.1) is 11.3 Å². The summed E-state index contributed by atoms with van der Waals surface area (Å²) in [6, 6.07) is 2.10. The number of thiophene rings is 1. The lowest BCUT2D eigenvalue weighted by molar-refractivity contribution is -0.144. The number of likely N-dealkylation sites (tertiary alicyclic amines) is 1. The molecule has 2 aliphatic rings. The van der Waals surface area contributed by atoms with Gasteiger partial charge in [0, 0.05) is 11.4 Å². The van der Waals surface area contributed by atoms with Crippen LogP contribution < -0.4 is 0 Å². The lowest BCUT2D eigenvalue weighted by atomic mass is 10.0. The highest BCUT2D eigenvalue weighted by Gasteiger charge is 2.60. The Labute approximate surface area is 124 Å². The molecule has 0 saturated carbocycles. The molecule has 8 nitrogen and oxygen atoms in total. The molecule has 21 heavy (non-hydrogen) atoms. The third-order valence-corrected chi connectivity index (χ3v) is 5.34. The van der Waals surface area contributed by atoms with E-state index in [4.69, 9.17) is 9.29 Å². The van der Waals surface area contributed by atoms with Crippen LogP contribution in [0.25, 0.3) is 0 Å². The van der Waals surface area contributed by atoms with Gasteiger partial charge in [-0.2, -0.15) is 8.42 Å². The fourth-order valence-electron chi connectivity index (χ4n) is 2.63. The van der Waals surface area contributed by atoms with E-state index < -0.39 is 34.4 Å². The zero-order chi connectivity index (χ0) is 15.2. The minimum Gasteiger partial charge on any atom is -0.444 e. The second-order valence-corrected chi connectivity index (χ2v) is 7.06. The number of amides is 2. The quantitative estimate of drug-likeness (QED) is 0.637. The van der Waals surface area contributed by atoms with Gasteiger partial charge in [0.1, 0.15) is 12.6 Å². The third-order valence-electron chi connectivity index (χ3n) is 3.54. The molecule has 2 atom stereocenters. The van der Waals surface area contributed by atoms with Crippen molar-refractivity contribution < 1.29 is 27.3 Å².